The molecule has 0 aromatic heterocycles. The highest BCUT2D eigenvalue weighted by Crippen LogP contribution is 2.34. The molecular weight excluding hydrogens is 294 g/mol. The number of hydrogen-bond acceptors (Lipinski definition) is 3. The summed E-state index contributed by atoms with van der Waals surface area (Å²) in [5.41, 5.74) is -0.732. The molecule has 1 saturated carbocycles. The zero-order chi connectivity index (χ0) is 16.9. The van der Waals surface area contributed by atoms with Gasteiger partial charge in [0.25, 0.3) is 5.91 Å². The van der Waals surface area contributed by atoms with E-state index in [-0.39, 0.29) is 18.4 Å². The highest BCUT2D eigenvalue weighted by atomic mass is 16.2. The molecule has 0 radical (unpaired) electrons. The Bertz CT molecular complexity index is 458. The summed E-state index contributed by atoms with van der Waals surface area (Å²) in [6, 6.07) is -0.426. The van der Waals surface area contributed by atoms with Crippen molar-refractivity contribution in [2.45, 2.75) is 70.8 Å². The summed E-state index contributed by atoms with van der Waals surface area (Å²) in [4.78, 5) is 37.7. The molecular formula is C17H29N3O3. The van der Waals surface area contributed by atoms with E-state index >= 15 is 0 Å². The van der Waals surface area contributed by atoms with E-state index in [1.165, 1.54) is 0 Å². The van der Waals surface area contributed by atoms with Gasteiger partial charge in [-0.05, 0) is 25.2 Å². The molecule has 0 unspecified atom stereocenters. The quantitative estimate of drug-likeness (QED) is 0.672. The van der Waals surface area contributed by atoms with E-state index in [0.29, 0.717) is 25.3 Å². The second-order valence-electron chi connectivity index (χ2n) is 6.83. The monoisotopic (exact) mass is 323 g/mol. The fourth-order valence-electron chi connectivity index (χ4n) is 3.54. The predicted molar refractivity (Wildman–Crippen MR) is 87.8 cm³/mol. The van der Waals surface area contributed by atoms with E-state index in [4.69, 9.17) is 0 Å². The summed E-state index contributed by atoms with van der Waals surface area (Å²) in [5.74, 6) is -0.0187. The molecule has 4 amide bonds. The lowest BCUT2D eigenvalue weighted by Gasteiger charge is -2.20. The first-order valence-corrected chi connectivity index (χ1v) is 8.93. The predicted octanol–water partition coefficient (Wildman–Crippen LogP) is 2.18. The van der Waals surface area contributed by atoms with Crippen molar-refractivity contribution < 1.29 is 14.4 Å². The van der Waals surface area contributed by atoms with E-state index < -0.39 is 11.6 Å². The lowest BCUT2D eigenvalue weighted by molar-refractivity contribution is -0.134. The molecule has 0 bridgehead atoms. The van der Waals surface area contributed by atoms with Gasteiger partial charge in [-0.1, -0.05) is 46.0 Å². The fraction of sp³-hybridized carbons (Fsp3) is 0.824. The first-order chi connectivity index (χ1) is 11.0. The van der Waals surface area contributed by atoms with Crippen molar-refractivity contribution in [3.05, 3.63) is 0 Å². The van der Waals surface area contributed by atoms with Crippen LogP contribution < -0.4 is 10.6 Å². The topological polar surface area (TPSA) is 78.5 Å². The Morgan fingerprint density at radius 3 is 2.61 bits per heavy atom. The molecule has 6 heteroatoms. The number of nitrogens with zero attached hydrogens (tertiary/aromatic N) is 1. The minimum atomic E-state index is -0.732. The Balaban J connectivity index is 1.83. The molecule has 2 N–H and O–H groups in total. The Kier molecular flexibility index (Phi) is 6.02. The second kappa shape index (κ2) is 7.79. The van der Waals surface area contributed by atoms with Crippen molar-refractivity contribution >= 4 is 17.8 Å². The minimum Gasteiger partial charge on any atom is -0.354 e. The van der Waals surface area contributed by atoms with Gasteiger partial charge in [-0.3, -0.25) is 14.5 Å². The SMILES string of the molecule is CCCC[C@@H](CC)CNC(=O)CN1C(=O)NC2(CCCC2)C1=O. The first-order valence-electron chi connectivity index (χ1n) is 8.93. The van der Waals surface area contributed by atoms with Crippen LogP contribution >= 0.6 is 0 Å². The summed E-state index contributed by atoms with van der Waals surface area (Å²) < 4.78 is 0. The van der Waals surface area contributed by atoms with Gasteiger partial charge in [-0.25, -0.2) is 4.79 Å². The highest BCUT2D eigenvalue weighted by Gasteiger charge is 2.52. The molecule has 1 heterocycles. The van der Waals surface area contributed by atoms with Gasteiger partial charge >= 0.3 is 6.03 Å². The average molecular weight is 323 g/mol. The van der Waals surface area contributed by atoms with Crippen LogP contribution in [0.25, 0.3) is 0 Å². The number of imide groups is 1. The third kappa shape index (κ3) is 4.03. The summed E-state index contributed by atoms with van der Waals surface area (Å²) in [6.45, 7) is 4.72. The van der Waals surface area contributed by atoms with Gasteiger partial charge in [0.2, 0.25) is 5.91 Å². The molecule has 130 valence electrons. The summed E-state index contributed by atoms with van der Waals surface area (Å²) in [5, 5.41) is 5.67. The van der Waals surface area contributed by atoms with E-state index in [1.807, 2.05) is 0 Å². The maximum absolute atomic E-state index is 12.5. The number of carbonyl (C=O) groups excluding carboxylic acids is 3. The molecule has 2 rings (SSSR count). The fourth-order valence-corrected chi connectivity index (χ4v) is 3.54. The molecule has 0 aromatic carbocycles. The molecule has 6 nitrogen and oxygen atoms in total. The molecule has 1 aliphatic carbocycles. The van der Waals surface area contributed by atoms with Crippen LogP contribution in [-0.4, -0.2) is 41.4 Å². The number of rotatable bonds is 8. The summed E-state index contributed by atoms with van der Waals surface area (Å²) in [6.07, 6.45) is 7.68. The van der Waals surface area contributed by atoms with Crippen LogP contribution in [-0.2, 0) is 9.59 Å². The molecule has 23 heavy (non-hydrogen) atoms. The lowest BCUT2D eigenvalue weighted by Crippen LogP contribution is -2.45. The van der Waals surface area contributed by atoms with Crippen LogP contribution in [0.4, 0.5) is 4.79 Å². The maximum Gasteiger partial charge on any atom is 0.325 e. The van der Waals surface area contributed by atoms with Crippen LogP contribution in [0.15, 0.2) is 0 Å². The van der Waals surface area contributed by atoms with Crippen LogP contribution in [0.5, 0.6) is 0 Å². The number of amides is 4. The van der Waals surface area contributed by atoms with Gasteiger partial charge in [0, 0.05) is 6.54 Å². The molecule has 1 spiro atoms. The summed E-state index contributed by atoms with van der Waals surface area (Å²) in [7, 11) is 0. The first kappa shape index (κ1) is 17.8. The number of nitrogens with one attached hydrogen (secondary N) is 2. The van der Waals surface area contributed by atoms with Gasteiger partial charge < -0.3 is 10.6 Å². The Morgan fingerprint density at radius 1 is 1.30 bits per heavy atom. The van der Waals surface area contributed by atoms with Gasteiger partial charge in [0.05, 0.1) is 0 Å². The van der Waals surface area contributed by atoms with Gasteiger partial charge in [0.15, 0.2) is 0 Å². The molecule has 1 saturated heterocycles. The highest BCUT2D eigenvalue weighted by molar-refractivity contribution is 6.09. The van der Waals surface area contributed by atoms with Gasteiger partial charge in [0.1, 0.15) is 12.1 Å². The van der Waals surface area contributed by atoms with Gasteiger partial charge in [-0.15, -0.1) is 0 Å². The molecule has 2 fully saturated rings. The normalized spacial score (nSPS) is 20.9. The van der Waals surface area contributed by atoms with E-state index in [2.05, 4.69) is 24.5 Å². The minimum absolute atomic E-state index is 0.170. The Hall–Kier alpha value is -1.59. The third-order valence-electron chi connectivity index (χ3n) is 5.14. The Morgan fingerprint density at radius 2 is 2.00 bits per heavy atom. The third-order valence-corrected chi connectivity index (χ3v) is 5.14. The molecule has 2 aliphatic rings. The van der Waals surface area contributed by atoms with Crippen molar-refractivity contribution in [2.75, 3.05) is 13.1 Å². The van der Waals surface area contributed by atoms with Crippen molar-refractivity contribution in [2.24, 2.45) is 5.92 Å². The standard InChI is InChI=1S/C17H29N3O3/c1-3-5-8-13(4-2)11-18-14(21)12-20-15(22)17(19-16(20)23)9-6-7-10-17/h13H,3-12H2,1-2H3,(H,18,21)(H,19,23)/t13-/m1/s1. The largest absolute Gasteiger partial charge is 0.354 e. The van der Waals surface area contributed by atoms with Crippen LogP contribution in [0, 0.1) is 5.92 Å². The number of unbranched alkanes of at least 4 members (excludes halogenated alkanes) is 1. The second-order valence-corrected chi connectivity index (χ2v) is 6.83. The van der Waals surface area contributed by atoms with Crippen molar-refractivity contribution in [3.63, 3.8) is 0 Å². The zero-order valence-electron chi connectivity index (χ0n) is 14.3. The van der Waals surface area contributed by atoms with Gasteiger partial charge in [-0.2, -0.15) is 0 Å². The van der Waals surface area contributed by atoms with E-state index in [9.17, 15) is 14.4 Å². The molecule has 1 aliphatic heterocycles. The molecule has 0 aromatic rings. The number of hydrogen-bond donors (Lipinski definition) is 2. The Labute approximate surface area is 138 Å². The van der Waals surface area contributed by atoms with Crippen molar-refractivity contribution in [3.8, 4) is 0 Å². The zero-order valence-corrected chi connectivity index (χ0v) is 14.3. The average Bonchev–Trinajstić information content (AvgIpc) is 3.09. The lowest BCUT2D eigenvalue weighted by atomic mass is 9.98. The molecule has 1 atom stereocenters. The van der Waals surface area contributed by atoms with Crippen LogP contribution in [0.2, 0.25) is 0 Å². The maximum atomic E-state index is 12.5. The summed E-state index contributed by atoms with van der Waals surface area (Å²) >= 11 is 0. The number of carbonyl (C=O) groups is 3. The van der Waals surface area contributed by atoms with E-state index in [1.54, 1.807) is 0 Å². The van der Waals surface area contributed by atoms with Crippen molar-refractivity contribution in [1.82, 2.24) is 15.5 Å². The van der Waals surface area contributed by atoms with E-state index in [0.717, 1.165) is 43.4 Å². The smallest absolute Gasteiger partial charge is 0.325 e. The van der Waals surface area contributed by atoms with Crippen molar-refractivity contribution in [1.29, 1.82) is 0 Å². The van der Waals surface area contributed by atoms with Crippen LogP contribution in [0.1, 0.15) is 65.2 Å². The van der Waals surface area contributed by atoms with Crippen LogP contribution in [0.3, 0.4) is 0 Å². The number of urea groups is 1.